The molecule has 2 aromatic heterocycles. The van der Waals surface area contributed by atoms with E-state index in [9.17, 15) is 27.2 Å². The van der Waals surface area contributed by atoms with Crippen molar-refractivity contribution >= 4 is 40.2 Å². The molecule has 0 bridgehead atoms. The Balaban J connectivity index is 1.33. The predicted molar refractivity (Wildman–Crippen MR) is 124 cm³/mol. The third kappa shape index (κ3) is 4.54. The van der Waals surface area contributed by atoms with Crippen molar-refractivity contribution in [2.75, 3.05) is 25.0 Å². The van der Waals surface area contributed by atoms with E-state index in [2.05, 4.69) is 4.98 Å². The summed E-state index contributed by atoms with van der Waals surface area (Å²) in [6, 6.07) is 5.27. The van der Waals surface area contributed by atoms with Crippen LogP contribution in [0.3, 0.4) is 0 Å². The first-order valence-corrected chi connectivity index (χ1v) is 11.9. The summed E-state index contributed by atoms with van der Waals surface area (Å²) in [5.74, 6) is -1.71. The van der Waals surface area contributed by atoms with E-state index < -0.39 is 35.0 Å². The zero-order valence-electron chi connectivity index (χ0n) is 19.2. The van der Waals surface area contributed by atoms with Gasteiger partial charge in [0.25, 0.3) is 5.91 Å². The van der Waals surface area contributed by atoms with Gasteiger partial charge in [0.1, 0.15) is 17.2 Å². The van der Waals surface area contributed by atoms with Crippen LogP contribution < -0.4 is 4.90 Å². The van der Waals surface area contributed by atoms with E-state index in [0.717, 1.165) is 25.1 Å². The number of benzene rings is 1. The number of rotatable bonds is 4. The molecule has 2 aliphatic rings. The molecule has 3 heterocycles. The molecule has 0 radical (unpaired) electrons. The molecular weight excluding hydrogens is 502 g/mol. The van der Waals surface area contributed by atoms with E-state index in [-0.39, 0.29) is 41.1 Å². The second-order valence-corrected chi connectivity index (χ2v) is 9.64. The van der Waals surface area contributed by atoms with Crippen molar-refractivity contribution in [3.8, 4) is 0 Å². The van der Waals surface area contributed by atoms with Crippen molar-refractivity contribution in [3.05, 3.63) is 58.2 Å². The SMILES string of the molecule is CN(C(=O)C1CCN(C(=O)c2oc3c(C(F)(F)F)cc(C4CC4)cc3c2Cl)CC1)c1ccc(F)cn1. The molecule has 0 unspecified atom stereocenters. The van der Waals surface area contributed by atoms with Gasteiger partial charge in [-0.15, -0.1) is 0 Å². The maximum Gasteiger partial charge on any atom is 0.420 e. The van der Waals surface area contributed by atoms with E-state index in [1.807, 2.05) is 0 Å². The Bertz CT molecular complexity index is 1330. The number of nitrogens with zero attached hydrogens (tertiary/aromatic N) is 3. The molecule has 0 atom stereocenters. The summed E-state index contributed by atoms with van der Waals surface area (Å²) in [5, 5.41) is -0.0569. The number of likely N-dealkylation sites (tertiary alicyclic amines) is 1. The number of aromatic nitrogens is 1. The van der Waals surface area contributed by atoms with Gasteiger partial charge in [0.2, 0.25) is 11.7 Å². The van der Waals surface area contributed by atoms with Gasteiger partial charge in [-0.3, -0.25) is 14.5 Å². The molecule has 1 aliphatic carbocycles. The fourth-order valence-corrected chi connectivity index (χ4v) is 4.88. The number of anilines is 1. The molecule has 0 N–H and O–H groups in total. The van der Waals surface area contributed by atoms with E-state index in [0.29, 0.717) is 24.2 Å². The Morgan fingerprint density at radius 3 is 2.42 bits per heavy atom. The first-order valence-electron chi connectivity index (χ1n) is 11.6. The fraction of sp³-hybridized carbons (Fsp3) is 0.400. The largest absolute Gasteiger partial charge is 0.449 e. The van der Waals surface area contributed by atoms with Crippen molar-refractivity contribution in [1.29, 1.82) is 0 Å². The van der Waals surface area contributed by atoms with Crippen LogP contribution in [0.1, 0.15) is 53.3 Å². The number of carbonyl (C=O) groups is 2. The minimum atomic E-state index is -4.66. The molecule has 1 saturated heterocycles. The smallest absolute Gasteiger partial charge is 0.420 e. The summed E-state index contributed by atoms with van der Waals surface area (Å²) < 4.78 is 59.8. The average molecular weight is 524 g/mol. The molecule has 3 aromatic rings. The number of pyridine rings is 1. The minimum absolute atomic E-state index is 0.0559. The van der Waals surface area contributed by atoms with Gasteiger partial charge in [-0.05, 0) is 61.4 Å². The van der Waals surface area contributed by atoms with Gasteiger partial charge in [-0.1, -0.05) is 11.6 Å². The molecule has 36 heavy (non-hydrogen) atoms. The molecule has 2 amide bonds. The first-order chi connectivity index (χ1) is 17.0. The van der Waals surface area contributed by atoms with E-state index in [1.54, 1.807) is 13.1 Å². The van der Waals surface area contributed by atoms with Crippen LogP contribution in [-0.2, 0) is 11.0 Å². The van der Waals surface area contributed by atoms with E-state index in [4.69, 9.17) is 16.0 Å². The van der Waals surface area contributed by atoms with E-state index in [1.165, 1.54) is 21.9 Å². The lowest BCUT2D eigenvalue weighted by Gasteiger charge is -2.32. The van der Waals surface area contributed by atoms with E-state index >= 15 is 0 Å². The maximum atomic E-state index is 13.7. The standard InChI is InChI=1S/C25H22ClF4N3O3/c1-32(19-5-4-16(27)12-31-19)23(34)14-6-8-33(9-7-14)24(35)22-20(26)17-10-15(13-2-3-13)11-18(21(17)36-22)25(28,29)30/h4-5,10-14H,2-3,6-9H2,1H3. The highest BCUT2D eigenvalue weighted by Crippen LogP contribution is 2.47. The fourth-order valence-electron chi connectivity index (χ4n) is 4.62. The van der Waals surface area contributed by atoms with Crippen LogP contribution in [0, 0.1) is 11.7 Å². The summed E-state index contributed by atoms with van der Waals surface area (Å²) in [6.07, 6.45) is -1.33. The van der Waals surface area contributed by atoms with Gasteiger partial charge < -0.3 is 9.32 Å². The Kier molecular flexibility index (Phi) is 6.18. The lowest BCUT2D eigenvalue weighted by molar-refractivity contribution is -0.137. The van der Waals surface area contributed by atoms with Crippen molar-refractivity contribution in [2.24, 2.45) is 5.92 Å². The molecule has 6 nitrogen and oxygen atoms in total. The molecule has 1 aliphatic heterocycles. The van der Waals surface area contributed by atoms with Gasteiger partial charge in [0.05, 0.1) is 16.8 Å². The molecule has 190 valence electrons. The summed E-state index contributed by atoms with van der Waals surface area (Å²) >= 11 is 6.39. The topological polar surface area (TPSA) is 66.7 Å². The number of hydrogen-bond donors (Lipinski definition) is 0. The zero-order valence-corrected chi connectivity index (χ0v) is 20.0. The second kappa shape index (κ2) is 9.06. The number of furan rings is 1. The Hall–Kier alpha value is -3.14. The number of fused-ring (bicyclic) bond motifs is 1. The molecular formula is C25H22ClF4N3O3. The highest BCUT2D eigenvalue weighted by atomic mass is 35.5. The number of hydrogen-bond acceptors (Lipinski definition) is 4. The lowest BCUT2D eigenvalue weighted by Crippen LogP contribution is -2.43. The third-order valence-electron chi connectivity index (χ3n) is 6.82. The van der Waals surface area contributed by atoms with Crippen molar-refractivity contribution in [3.63, 3.8) is 0 Å². The van der Waals surface area contributed by atoms with Crippen LogP contribution in [0.5, 0.6) is 0 Å². The lowest BCUT2D eigenvalue weighted by atomic mass is 9.95. The number of carbonyl (C=O) groups excluding carboxylic acids is 2. The van der Waals surface area contributed by atoms with Crippen molar-refractivity contribution < 1.29 is 31.6 Å². The average Bonchev–Trinajstić information content (AvgIpc) is 3.66. The monoisotopic (exact) mass is 523 g/mol. The summed E-state index contributed by atoms with van der Waals surface area (Å²) in [4.78, 5) is 32.7. The van der Waals surface area contributed by atoms with Crippen LogP contribution in [0.4, 0.5) is 23.4 Å². The van der Waals surface area contributed by atoms with Gasteiger partial charge in [-0.25, -0.2) is 9.37 Å². The highest BCUT2D eigenvalue weighted by Gasteiger charge is 2.39. The van der Waals surface area contributed by atoms with Gasteiger partial charge in [0.15, 0.2) is 0 Å². The molecule has 11 heteroatoms. The van der Waals surface area contributed by atoms with Gasteiger partial charge in [0, 0.05) is 31.4 Å². The quantitative estimate of drug-likeness (QED) is 0.392. The van der Waals surface area contributed by atoms with Crippen LogP contribution in [0.2, 0.25) is 5.02 Å². The Morgan fingerprint density at radius 2 is 1.83 bits per heavy atom. The predicted octanol–water partition coefficient (Wildman–Crippen LogP) is 6.03. The van der Waals surface area contributed by atoms with Crippen molar-refractivity contribution in [2.45, 2.75) is 37.8 Å². The number of halogens is 5. The summed E-state index contributed by atoms with van der Waals surface area (Å²) in [6.45, 7) is 0.402. The summed E-state index contributed by atoms with van der Waals surface area (Å²) in [7, 11) is 1.54. The van der Waals surface area contributed by atoms with Crippen molar-refractivity contribution in [1.82, 2.24) is 9.88 Å². The number of amides is 2. The zero-order chi connectivity index (χ0) is 25.8. The molecule has 1 aromatic carbocycles. The first kappa shape index (κ1) is 24.5. The maximum absolute atomic E-state index is 13.7. The Labute approximate surface area is 208 Å². The summed E-state index contributed by atoms with van der Waals surface area (Å²) in [5.41, 5.74) is -0.848. The third-order valence-corrected chi connectivity index (χ3v) is 7.19. The van der Waals surface area contributed by atoms with Gasteiger partial charge in [-0.2, -0.15) is 13.2 Å². The van der Waals surface area contributed by atoms with Crippen LogP contribution in [0.25, 0.3) is 11.0 Å². The van der Waals surface area contributed by atoms with Crippen LogP contribution >= 0.6 is 11.6 Å². The minimum Gasteiger partial charge on any atom is -0.449 e. The number of alkyl halides is 3. The molecule has 1 saturated carbocycles. The van der Waals surface area contributed by atoms with Crippen LogP contribution in [-0.4, -0.2) is 41.8 Å². The highest BCUT2D eigenvalue weighted by molar-refractivity contribution is 6.38. The van der Waals surface area contributed by atoms with Gasteiger partial charge >= 0.3 is 6.18 Å². The van der Waals surface area contributed by atoms with Crippen LogP contribution in [0.15, 0.2) is 34.9 Å². The number of piperidine rings is 1. The normalized spacial score (nSPS) is 17.0. The second-order valence-electron chi connectivity index (χ2n) is 9.26. The molecule has 2 fully saturated rings. The molecule has 0 spiro atoms. The Morgan fingerprint density at radius 1 is 1.14 bits per heavy atom. The molecule has 5 rings (SSSR count).